The molecule has 0 radical (unpaired) electrons. The number of imidazole rings is 1. The van der Waals surface area contributed by atoms with Gasteiger partial charge >= 0.3 is 0 Å². The van der Waals surface area contributed by atoms with E-state index in [1.165, 1.54) is 18.6 Å². The van der Waals surface area contributed by atoms with Crippen molar-refractivity contribution in [3.8, 4) is 11.3 Å². The van der Waals surface area contributed by atoms with Crippen molar-refractivity contribution in [2.24, 2.45) is 0 Å². The molecule has 0 fully saturated rings. The predicted molar refractivity (Wildman–Crippen MR) is 91.1 cm³/mol. The first-order valence-corrected chi connectivity index (χ1v) is 7.99. The second-order valence-corrected chi connectivity index (χ2v) is 5.63. The second kappa shape index (κ2) is 7.42. The molecule has 2 aromatic heterocycles. The number of anilines is 1. The fraction of sp³-hybridized carbons (Fsp3) is 0.235. The van der Waals surface area contributed by atoms with Crippen LogP contribution >= 0.6 is 0 Å². The van der Waals surface area contributed by atoms with Crippen LogP contribution in [0.4, 0.5) is 18.9 Å². The molecule has 3 rings (SSSR count). The molecule has 0 saturated carbocycles. The molecule has 0 atom stereocenters. The molecule has 0 aliphatic heterocycles. The molecule has 6 nitrogen and oxygen atoms in total. The van der Waals surface area contributed by atoms with Crippen LogP contribution in [-0.4, -0.2) is 26.2 Å². The van der Waals surface area contributed by atoms with Crippen molar-refractivity contribution in [1.29, 1.82) is 0 Å². The highest BCUT2D eigenvalue weighted by Crippen LogP contribution is 2.34. The van der Waals surface area contributed by atoms with Crippen LogP contribution in [0.1, 0.15) is 18.9 Å². The van der Waals surface area contributed by atoms with Crippen LogP contribution in [0, 0.1) is 17.5 Å². The van der Waals surface area contributed by atoms with Crippen LogP contribution in [-0.2, 0) is 6.54 Å². The number of nitrogen functional groups attached to an aromatic ring is 1. The molecular weight excluding hydrogens is 345 g/mol. The third kappa shape index (κ3) is 3.19. The number of rotatable bonds is 6. The lowest BCUT2D eigenvalue weighted by Gasteiger charge is -2.26. The highest BCUT2D eigenvalue weighted by Gasteiger charge is 2.26. The first-order valence-electron chi connectivity index (χ1n) is 7.99. The largest absolute Gasteiger partial charge is 0.396 e. The Bertz CT molecular complexity index is 854. The van der Waals surface area contributed by atoms with Gasteiger partial charge in [-0.15, -0.1) is 0 Å². The Morgan fingerprint density at radius 3 is 2.54 bits per heavy atom. The van der Waals surface area contributed by atoms with E-state index >= 15 is 0 Å². The van der Waals surface area contributed by atoms with E-state index in [4.69, 9.17) is 5.73 Å². The van der Waals surface area contributed by atoms with Gasteiger partial charge in [0.25, 0.3) is 0 Å². The van der Waals surface area contributed by atoms with E-state index in [1.54, 1.807) is 22.1 Å². The van der Waals surface area contributed by atoms with E-state index in [2.05, 4.69) is 15.0 Å². The monoisotopic (exact) mass is 362 g/mol. The number of hydrogen-bond donors (Lipinski definition) is 1. The van der Waals surface area contributed by atoms with Crippen molar-refractivity contribution < 1.29 is 13.2 Å². The van der Waals surface area contributed by atoms with Gasteiger partial charge in [-0.1, -0.05) is 6.92 Å². The van der Waals surface area contributed by atoms with Gasteiger partial charge in [0, 0.05) is 30.7 Å². The zero-order valence-corrected chi connectivity index (χ0v) is 14.0. The average Bonchev–Trinajstić information content (AvgIpc) is 3.18. The van der Waals surface area contributed by atoms with Gasteiger partial charge in [-0.05, 0) is 12.5 Å². The smallest absolute Gasteiger partial charge is 0.170 e. The van der Waals surface area contributed by atoms with Crippen LogP contribution < -0.4 is 10.7 Å². The van der Waals surface area contributed by atoms with Crippen LogP contribution in [0.5, 0.6) is 0 Å². The maximum atomic E-state index is 14.8. The molecule has 0 spiro atoms. The summed E-state index contributed by atoms with van der Waals surface area (Å²) < 4.78 is 45.7. The molecule has 26 heavy (non-hydrogen) atoms. The molecule has 9 heteroatoms. The van der Waals surface area contributed by atoms with E-state index in [0.717, 1.165) is 12.7 Å². The number of halogens is 3. The van der Waals surface area contributed by atoms with Crippen molar-refractivity contribution in [2.45, 2.75) is 19.9 Å². The topological polar surface area (TPSA) is 72.9 Å². The number of benzene rings is 1. The number of nitrogens with two attached hydrogens (primary N) is 1. The lowest BCUT2D eigenvalue weighted by atomic mass is 10.0. The Balaban J connectivity index is 2.06. The van der Waals surface area contributed by atoms with E-state index < -0.39 is 34.3 Å². The molecular formula is C17H17F3N6. The van der Waals surface area contributed by atoms with E-state index in [-0.39, 0.29) is 12.2 Å². The highest BCUT2D eigenvalue weighted by molar-refractivity contribution is 5.75. The SMILES string of the molecule is CCCN(Cc1c(F)c(N)c(-c2ccncn2)c(F)c1F)n1ccnc1. The summed E-state index contributed by atoms with van der Waals surface area (Å²) in [4.78, 5) is 11.5. The quantitative estimate of drug-likeness (QED) is 0.539. The van der Waals surface area contributed by atoms with E-state index in [0.29, 0.717) is 6.54 Å². The summed E-state index contributed by atoms with van der Waals surface area (Å²) in [7, 11) is 0. The van der Waals surface area contributed by atoms with Crippen LogP contribution in [0.25, 0.3) is 11.3 Å². The van der Waals surface area contributed by atoms with E-state index in [1.807, 2.05) is 6.92 Å². The lowest BCUT2D eigenvalue weighted by Crippen LogP contribution is -2.34. The number of aromatic nitrogens is 4. The van der Waals surface area contributed by atoms with Gasteiger partial charge in [-0.3, -0.25) is 4.68 Å². The third-order valence-corrected chi connectivity index (χ3v) is 3.93. The van der Waals surface area contributed by atoms with Crippen molar-refractivity contribution >= 4 is 5.69 Å². The summed E-state index contributed by atoms with van der Waals surface area (Å²) in [6, 6.07) is 1.34. The molecule has 2 N–H and O–H groups in total. The zero-order valence-electron chi connectivity index (χ0n) is 14.0. The second-order valence-electron chi connectivity index (χ2n) is 5.63. The van der Waals surface area contributed by atoms with Crippen LogP contribution in [0.15, 0.2) is 37.3 Å². The molecule has 1 aromatic carbocycles. The minimum Gasteiger partial charge on any atom is -0.396 e. The van der Waals surface area contributed by atoms with E-state index in [9.17, 15) is 13.2 Å². The van der Waals surface area contributed by atoms with Gasteiger partial charge in [0.15, 0.2) is 17.5 Å². The zero-order chi connectivity index (χ0) is 18.7. The summed E-state index contributed by atoms with van der Waals surface area (Å²) in [6.45, 7) is 2.21. The van der Waals surface area contributed by atoms with Gasteiger partial charge < -0.3 is 10.7 Å². The average molecular weight is 362 g/mol. The van der Waals surface area contributed by atoms with Crippen LogP contribution in [0.3, 0.4) is 0 Å². The maximum Gasteiger partial charge on any atom is 0.170 e. The standard InChI is InChI=1S/C17H17F3N6/c1-2-6-25(26-7-5-23-10-26)8-11-14(18)16(20)13(17(21)15(11)19)12-3-4-22-9-24-12/h3-5,7,9-10H,2,6,8,21H2,1H3. The summed E-state index contributed by atoms with van der Waals surface area (Å²) in [5.41, 5.74) is 4.45. The fourth-order valence-electron chi connectivity index (χ4n) is 2.69. The van der Waals surface area contributed by atoms with Crippen molar-refractivity contribution in [3.05, 3.63) is 60.3 Å². The van der Waals surface area contributed by atoms with Crippen molar-refractivity contribution in [2.75, 3.05) is 17.3 Å². The summed E-state index contributed by atoms with van der Waals surface area (Å²) in [5, 5.41) is 1.64. The molecule has 0 amide bonds. The molecule has 136 valence electrons. The third-order valence-electron chi connectivity index (χ3n) is 3.93. The molecule has 0 aliphatic carbocycles. The van der Waals surface area contributed by atoms with Gasteiger partial charge in [0.2, 0.25) is 0 Å². The summed E-state index contributed by atoms with van der Waals surface area (Å²) in [5.74, 6) is -3.52. The van der Waals surface area contributed by atoms with Crippen LogP contribution in [0.2, 0.25) is 0 Å². The van der Waals surface area contributed by atoms with Crippen molar-refractivity contribution in [3.63, 3.8) is 0 Å². The minimum atomic E-state index is -1.29. The Hall–Kier alpha value is -3.10. The fourth-order valence-corrected chi connectivity index (χ4v) is 2.69. The van der Waals surface area contributed by atoms with Crippen molar-refractivity contribution in [1.82, 2.24) is 19.6 Å². The Morgan fingerprint density at radius 1 is 1.12 bits per heavy atom. The molecule has 0 saturated heterocycles. The Morgan fingerprint density at radius 2 is 1.92 bits per heavy atom. The molecule has 0 unspecified atom stereocenters. The molecule has 0 aliphatic rings. The van der Waals surface area contributed by atoms with Gasteiger partial charge in [-0.25, -0.2) is 28.1 Å². The highest BCUT2D eigenvalue weighted by atomic mass is 19.2. The van der Waals surface area contributed by atoms with Gasteiger partial charge in [-0.2, -0.15) is 0 Å². The first-order chi connectivity index (χ1) is 12.5. The molecule has 0 bridgehead atoms. The predicted octanol–water partition coefficient (Wildman–Crippen LogP) is 2.89. The number of nitrogens with zero attached hydrogens (tertiary/aromatic N) is 5. The molecule has 2 heterocycles. The summed E-state index contributed by atoms with van der Waals surface area (Å²) in [6.07, 6.45) is 7.90. The summed E-state index contributed by atoms with van der Waals surface area (Å²) >= 11 is 0. The molecule has 3 aromatic rings. The Kier molecular flexibility index (Phi) is 5.06. The van der Waals surface area contributed by atoms with Gasteiger partial charge in [0.1, 0.15) is 12.7 Å². The van der Waals surface area contributed by atoms with Gasteiger partial charge in [0.05, 0.1) is 23.5 Å². The first kappa shape index (κ1) is 17.7. The maximum absolute atomic E-state index is 14.8. The number of hydrogen-bond acceptors (Lipinski definition) is 5. The normalized spacial score (nSPS) is 10.9. The Labute approximate surface area is 148 Å². The lowest BCUT2D eigenvalue weighted by molar-refractivity contribution is 0.468. The minimum absolute atomic E-state index is 0.0133.